The van der Waals surface area contributed by atoms with Crippen molar-refractivity contribution >= 4 is 0 Å². The first-order chi connectivity index (χ1) is 6.76. The Hall–Kier alpha value is -0.480. The molecule has 0 unspecified atom stereocenters. The molecule has 0 bridgehead atoms. The Bertz CT molecular complexity index is 179. The van der Waals surface area contributed by atoms with E-state index < -0.39 is 0 Å². The van der Waals surface area contributed by atoms with Crippen molar-refractivity contribution in [2.75, 3.05) is 32.8 Å². The molecule has 4 heteroatoms. The summed E-state index contributed by atoms with van der Waals surface area (Å²) in [5.74, 6) is 0. The first-order valence-corrected chi connectivity index (χ1v) is 5.39. The second-order valence-electron chi connectivity index (χ2n) is 4.33. The smallest absolute Gasteiger partial charge is 0.0823 e. The van der Waals surface area contributed by atoms with Crippen LogP contribution in [0.5, 0.6) is 0 Å². The maximum Gasteiger partial charge on any atom is 0.0823 e. The van der Waals surface area contributed by atoms with Gasteiger partial charge in [0.1, 0.15) is 0 Å². The van der Waals surface area contributed by atoms with E-state index in [2.05, 4.69) is 17.0 Å². The highest BCUT2D eigenvalue weighted by molar-refractivity contribution is 4.93. The Labute approximate surface area is 85.3 Å². The van der Waals surface area contributed by atoms with Crippen LogP contribution in [0.1, 0.15) is 26.2 Å². The standard InChI is InChI=1S/C10H20N2O2/c1-2-4-10(9-13)7-12(8-10)6-3-5-11-14/h13H,2-9H2,1H3. The summed E-state index contributed by atoms with van der Waals surface area (Å²) in [5, 5.41) is 12.1. The SMILES string of the molecule is CCCC1(CO)CN(CCCN=O)C1. The lowest BCUT2D eigenvalue weighted by Crippen LogP contribution is -2.58. The van der Waals surface area contributed by atoms with E-state index in [9.17, 15) is 10.0 Å². The number of nitrogens with zero attached hydrogens (tertiary/aromatic N) is 2. The van der Waals surface area contributed by atoms with Gasteiger partial charge in [-0.25, -0.2) is 0 Å². The van der Waals surface area contributed by atoms with Crippen molar-refractivity contribution in [3.8, 4) is 0 Å². The Morgan fingerprint density at radius 3 is 2.71 bits per heavy atom. The van der Waals surface area contributed by atoms with Gasteiger partial charge in [-0.1, -0.05) is 18.5 Å². The van der Waals surface area contributed by atoms with Crippen LogP contribution in [0.25, 0.3) is 0 Å². The van der Waals surface area contributed by atoms with Crippen molar-refractivity contribution in [1.29, 1.82) is 0 Å². The van der Waals surface area contributed by atoms with Crippen LogP contribution in [0.2, 0.25) is 0 Å². The molecule has 0 spiro atoms. The molecule has 0 aromatic rings. The average Bonchev–Trinajstić information content (AvgIpc) is 2.14. The molecule has 0 atom stereocenters. The molecule has 4 nitrogen and oxygen atoms in total. The van der Waals surface area contributed by atoms with Gasteiger partial charge in [-0.05, 0) is 12.8 Å². The van der Waals surface area contributed by atoms with Crippen LogP contribution < -0.4 is 0 Å². The van der Waals surface area contributed by atoms with Gasteiger partial charge < -0.3 is 10.0 Å². The summed E-state index contributed by atoms with van der Waals surface area (Å²) in [6.07, 6.45) is 3.08. The summed E-state index contributed by atoms with van der Waals surface area (Å²) in [6.45, 7) is 5.76. The van der Waals surface area contributed by atoms with Crippen LogP contribution in [0, 0.1) is 10.3 Å². The van der Waals surface area contributed by atoms with E-state index in [1.807, 2.05) is 0 Å². The highest BCUT2D eigenvalue weighted by Gasteiger charge is 2.40. The zero-order chi connectivity index (χ0) is 10.4. The minimum absolute atomic E-state index is 0.156. The molecule has 1 aliphatic heterocycles. The maximum absolute atomic E-state index is 9.87. The second-order valence-corrected chi connectivity index (χ2v) is 4.33. The van der Waals surface area contributed by atoms with Crippen LogP contribution in [0.3, 0.4) is 0 Å². The Balaban J connectivity index is 2.16. The highest BCUT2D eigenvalue weighted by atomic mass is 16.3. The molecular formula is C10H20N2O2. The van der Waals surface area contributed by atoms with Gasteiger partial charge >= 0.3 is 0 Å². The van der Waals surface area contributed by atoms with Crippen LogP contribution >= 0.6 is 0 Å². The zero-order valence-electron chi connectivity index (χ0n) is 8.91. The summed E-state index contributed by atoms with van der Waals surface area (Å²) in [7, 11) is 0. The average molecular weight is 200 g/mol. The molecular weight excluding hydrogens is 180 g/mol. The van der Waals surface area contributed by atoms with Crippen molar-refractivity contribution < 1.29 is 5.11 Å². The van der Waals surface area contributed by atoms with E-state index in [0.29, 0.717) is 13.2 Å². The number of nitroso groups, excluding NO2 is 1. The topological polar surface area (TPSA) is 52.9 Å². The largest absolute Gasteiger partial charge is 0.396 e. The predicted molar refractivity (Wildman–Crippen MR) is 56.1 cm³/mol. The number of likely N-dealkylation sites (tertiary alicyclic amines) is 1. The summed E-state index contributed by atoms with van der Waals surface area (Å²) >= 11 is 0. The fourth-order valence-corrected chi connectivity index (χ4v) is 2.29. The Morgan fingerprint density at radius 1 is 1.50 bits per heavy atom. The van der Waals surface area contributed by atoms with Crippen LogP contribution in [0.4, 0.5) is 0 Å². The van der Waals surface area contributed by atoms with Gasteiger partial charge in [0.25, 0.3) is 0 Å². The first kappa shape index (κ1) is 11.6. The van der Waals surface area contributed by atoms with E-state index in [1.54, 1.807) is 0 Å². The van der Waals surface area contributed by atoms with E-state index in [-0.39, 0.29) is 5.41 Å². The molecule has 0 amide bonds. The third-order valence-corrected chi connectivity index (χ3v) is 2.96. The van der Waals surface area contributed by atoms with Gasteiger partial charge in [-0.2, -0.15) is 4.91 Å². The fraction of sp³-hybridized carbons (Fsp3) is 1.00. The molecule has 14 heavy (non-hydrogen) atoms. The molecule has 1 aliphatic rings. The third-order valence-electron chi connectivity index (χ3n) is 2.96. The van der Waals surface area contributed by atoms with Gasteiger partial charge in [0.2, 0.25) is 0 Å². The van der Waals surface area contributed by atoms with Crippen LogP contribution in [-0.4, -0.2) is 42.8 Å². The number of hydrogen-bond acceptors (Lipinski definition) is 4. The number of rotatable bonds is 7. The van der Waals surface area contributed by atoms with Gasteiger partial charge in [0.15, 0.2) is 0 Å². The third kappa shape index (κ3) is 2.75. The molecule has 0 aromatic heterocycles. The van der Waals surface area contributed by atoms with Gasteiger partial charge in [-0.3, -0.25) is 0 Å². The summed E-state index contributed by atoms with van der Waals surface area (Å²) < 4.78 is 0. The number of aliphatic hydroxyl groups is 1. The summed E-state index contributed by atoms with van der Waals surface area (Å²) in [5.41, 5.74) is 0.156. The van der Waals surface area contributed by atoms with E-state index in [0.717, 1.165) is 38.9 Å². The van der Waals surface area contributed by atoms with Crippen molar-refractivity contribution in [3.63, 3.8) is 0 Å². The molecule has 82 valence electrons. The van der Waals surface area contributed by atoms with Crippen molar-refractivity contribution in [3.05, 3.63) is 4.91 Å². The Kier molecular flexibility index (Phi) is 4.48. The molecule has 0 radical (unpaired) electrons. The van der Waals surface area contributed by atoms with E-state index in [1.165, 1.54) is 0 Å². The first-order valence-electron chi connectivity index (χ1n) is 5.39. The zero-order valence-corrected chi connectivity index (χ0v) is 8.91. The van der Waals surface area contributed by atoms with Crippen LogP contribution in [-0.2, 0) is 0 Å². The summed E-state index contributed by atoms with van der Waals surface area (Å²) in [4.78, 5) is 12.2. The molecule has 0 aliphatic carbocycles. The molecule has 1 fully saturated rings. The lowest BCUT2D eigenvalue weighted by molar-refractivity contribution is -0.0471. The normalized spacial score (nSPS) is 20.4. The van der Waals surface area contributed by atoms with E-state index in [4.69, 9.17) is 0 Å². The van der Waals surface area contributed by atoms with Crippen molar-refractivity contribution in [1.82, 2.24) is 4.90 Å². The lowest BCUT2D eigenvalue weighted by atomic mass is 9.77. The van der Waals surface area contributed by atoms with Crippen LogP contribution in [0.15, 0.2) is 5.18 Å². The number of aliphatic hydroxyl groups excluding tert-OH is 1. The monoisotopic (exact) mass is 200 g/mol. The predicted octanol–water partition coefficient (Wildman–Crippen LogP) is 1.24. The van der Waals surface area contributed by atoms with Gasteiger partial charge in [0, 0.05) is 25.0 Å². The lowest BCUT2D eigenvalue weighted by Gasteiger charge is -2.49. The molecule has 1 saturated heterocycles. The molecule has 0 saturated carbocycles. The quantitative estimate of drug-likeness (QED) is 0.497. The molecule has 1 heterocycles. The maximum atomic E-state index is 9.87. The molecule has 0 aromatic carbocycles. The minimum Gasteiger partial charge on any atom is -0.396 e. The van der Waals surface area contributed by atoms with Gasteiger partial charge in [-0.15, -0.1) is 0 Å². The molecule has 1 N–H and O–H groups in total. The minimum atomic E-state index is 0.156. The number of hydrogen-bond donors (Lipinski definition) is 1. The van der Waals surface area contributed by atoms with Crippen molar-refractivity contribution in [2.24, 2.45) is 10.6 Å². The highest BCUT2D eigenvalue weighted by Crippen LogP contribution is 2.34. The van der Waals surface area contributed by atoms with Crippen molar-refractivity contribution in [2.45, 2.75) is 26.2 Å². The fourth-order valence-electron chi connectivity index (χ4n) is 2.29. The van der Waals surface area contributed by atoms with E-state index >= 15 is 0 Å². The molecule has 1 rings (SSSR count). The Morgan fingerprint density at radius 2 is 2.21 bits per heavy atom. The summed E-state index contributed by atoms with van der Waals surface area (Å²) in [6, 6.07) is 0. The second kappa shape index (κ2) is 5.41. The van der Waals surface area contributed by atoms with Gasteiger partial charge in [0.05, 0.1) is 13.2 Å².